The molecule has 1 N–H and O–H groups in total. The van der Waals surface area contributed by atoms with Crippen molar-refractivity contribution in [3.63, 3.8) is 0 Å². The number of nitriles is 1. The first kappa shape index (κ1) is 16.1. The van der Waals surface area contributed by atoms with E-state index in [1.807, 2.05) is 0 Å². The molecule has 0 saturated heterocycles. The third-order valence-corrected chi connectivity index (χ3v) is 2.53. The molecule has 0 aliphatic carbocycles. The van der Waals surface area contributed by atoms with Crippen LogP contribution in [-0.2, 0) is 9.53 Å². The van der Waals surface area contributed by atoms with Crippen LogP contribution in [0.2, 0.25) is 10.0 Å². The van der Waals surface area contributed by atoms with E-state index in [2.05, 4.69) is 11.2 Å². The van der Waals surface area contributed by atoms with Gasteiger partial charge in [0.1, 0.15) is 18.4 Å². The zero-order valence-corrected chi connectivity index (χ0v) is 11.7. The molecule has 0 fully saturated rings. The molecule has 7 heteroatoms. The Bertz CT molecular complexity index is 564. The highest BCUT2D eigenvalue weighted by molar-refractivity contribution is 6.35. The van der Waals surface area contributed by atoms with Crippen molar-refractivity contribution in [2.45, 2.75) is 6.23 Å². The molecular weight excluding hydrogens is 303 g/mol. The van der Waals surface area contributed by atoms with E-state index in [0.717, 1.165) is 0 Å². The molecule has 0 bridgehead atoms. The lowest BCUT2D eigenvalue weighted by molar-refractivity contribution is -0.125. The zero-order chi connectivity index (χ0) is 15.0. The normalized spacial score (nSPS) is 11.0. The van der Waals surface area contributed by atoms with Gasteiger partial charge in [0.05, 0.1) is 5.02 Å². The van der Waals surface area contributed by atoms with Gasteiger partial charge in [0.2, 0.25) is 6.23 Å². The molecule has 104 valence electrons. The summed E-state index contributed by atoms with van der Waals surface area (Å²) in [6.07, 6.45) is 3.86. The number of hydrogen-bond acceptors (Lipinski definition) is 4. The third kappa shape index (κ3) is 5.38. The molecule has 0 heterocycles. The number of halogens is 2. The summed E-state index contributed by atoms with van der Waals surface area (Å²) < 4.78 is 10.1. The van der Waals surface area contributed by atoms with E-state index in [4.69, 9.17) is 44.4 Å². The Hall–Kier alpha value is -1.92. The minimum absolute atomic E-state index is 0.0810. The van der Waals surface area contributed by atoms with Gasteiger partial charge in [-0.05, 0) is 18.2 Å². The number of ether oxygens (including phenoxy) is 2. The fourth-order valence-electron chi connectivity index (χ4n) is 1.17. The van der Waals surface area contributed by atoms with Crippen molar-refractivity contribution in [2.75, 3.05) is 13.2 Å². The van der Waals surface area contributed by atoms with E-state index in [-0.39, 0.29) is 18.2 Å². The monoisotopic (exact) mass is 312 g/mol. The summed E-state index contributed by atoms with van der Waals surface area (Å²) in [6.45, 7) is -0.401. The van der Waals surface area contributed by atoms with Crippen LogP contribution in [0.3, 0.4) is 0 Å². The molecule has 5 nitrogen and oxygen atoms in total. The second-order valence-corrected chi connectivity index (χ2v) is 4.30. The van der Waals surface area contributed by atoms with Crippen molar-refractivity contribution < 1.29 is 14.3 Å². The van der Waals surface area contributed by atoms with Crippen LogP contribution < -0.4 is 10.1 Å². The number of benzene rings is 1. The lowest BCUT2D eigenvalue weighted by Crippen LogP contribution is -2.38. The number of nitrogens with zero attached hydrogens (tertiary/aromatic N) is 1. The fraction of sp³-hybridized carbons (Fsp3) is 0.231. The topological polar surface area (TPSA) is 71.3 Å². The van der Waals surface area contributed by atoms with Gasteiger partial charge in [-0.2, -0.15) is 5.26 Å². The first-order chi connectivity index (χ1) is 9.56. The number of carbonyl (C=O) groups excluding carboxylic acids is 1. The standard InChI is InChI=1S/C13H10Cl2N2O3/c1-2-5-19-13(7-16)17-12(18)8-20-11-4-3-9(14)6-10(11)15/h1,3-4,6,13H,5,8H2,(H,17,18). The lowest BCUT2D eigenvalue weighted by atomic mass is 10.3. The molecule has 0 spiro atoms. The summed E-state index contributed by atoms with van der Waals surface area (Å²) in [5.74, 6) is 1.96. The maximum atomic E-state index is 11.5. The molecule has 20 heavy (non-hydrogen) atoms. The lowest BCUT2D eigenvalue weighted by Gasteiger charge is -2.12. The van der Waals surface area contributed by atoms with Crippen LogP contribution in [0.25, 0.3) is 0 Å². The Balaban J connectivity index is 2.47. The Kier molecular flexibility index (Phi) is 6.69. The Morgan fingerprint density at radius 1 is 1.50 bits per heavy atom. The summed E-state index contributed by atoms with van der Waals surface area (Å²) in [6, 6.07) is 6.34. The molecule has 1 atom stereocenters. The van der Waals surface area contributed by atoms with E-state index in [9.17, 15) is 4.79 Å². The number of carbonyl (C=O) groups is 1. The summed E-state index contributed by atoms with van der Waals surface area (Å²) in [4.78, 5) is 11.5. The third-order valence-electron chi connectivity index (χ3n) is 2.00. The van der Waals surface area contributed by atoms with Crippen molar-refractivity contribution in [3.8, 4) is 24.2 Å². The van der Waals surface area contributed by atoms with Crippen LogP contribution in [0.5, 0.6) is 5.75 Å². The average Bonchev–Trinajstić information content (AvgIpc) is 2.42. The molecule has 0 aliphatic rings. The fourth-order valence-corrected chi connectivity index (χ4v) is 1.63. The van der Waals surface area contributed by atoms with Gasteiger partial charge in [-0.25, -0.2) is 0 Å². The van der Waals surface area contributed by atoms with Gasteiger partial charge >= 0.3 is 0 Å². The van der Waals surface area contributed by atoms with Crippen molar-refractivity contribution in [3.05, 3.63) is 28.2 Å². The average molecular weight is 313 g/mol. The second kappa shape index (κ2) is 8.29. The summed E-state index contributed by atoms with van der Waals surface area (Å²) in [7, 11) is 0. The van der Waals surface area contributed by atoms with Gasteiger partial charge in [-0.15, -0.1) is 6.42 Å². The van der Waals surface area contributed by atoms with Crippen molar-refractivity contribution >= 4 is 29.1 Å². The Labute approximate surface area is 126 Å². The molecule has 0 saturated carbocycles. The first-order valence-corrected chi connectivity index (χ1v) is 6.14. The van der Waals surface area contributed by atoms with Crippen LogP contribution in [0.15, 0.2) is 18.2 Å². The van der Waals surface area contributed by atoms with Gasteiger partial charge in [0, 0.05) is 5.02 Å². The smallest absolute Gasteiger partial charge is 0.260 e. The van der Waals surface area contributed by atoms with Crippen molar-refractivity contribution in [2.24, 2.45) is 0 Å². The van der Waals surface area contributed by atoms with Gasteiger partial charge < -0.3 is 14.8 Å². The summed E-state index contributed by atoms with van der Waals surface area (Å²) >= 11 is 11.6. The molecule has 0 aliphatic heterocycles. The SMILES string of the molecule is C#CCOC(C#N)NC(=O)COc1ccc(Cl)cc1Cl. The van der Waals surface area contributed by atoms with Crippen LogP contribution in [0.1, 0.15) is 0 Å². The highest BCUT2D eigenvalue weighted by Crippen LogP contribution is 2.27. The predicted molar refractivity (Wildman–Crippen MR) is 74.3 cm³/mol. The Morgan fingerprint density at radius 3 is 2.85 bits per heavy atom. The first-order valence-electron chi connectivity index (χ1n) is 5.38. The number of hydrogen-bond donors (Lipinski definition) is 1. The largest absolute Gasteiger partial charge is 0.482 e. The summed E-state index contributed by atoms with van der Waals surface area (Å²) in [5, 5.41) is 11.8. The zero-order valence-electron chi connectivity index (χ0n) is 10.2. The van der Waals surface area contributed by atoms with Crippen LogP contribution in [0, 0.1) is 23.7 Å². The van der Waals surface area contributed by atoms with Crippen LogP contribution in [0.4, 0.5) is 0 Å². The van der Waals surface area contributed by atoms with Crippen LogP contribution in [-0.4, -0.2) is 25.3 Å². The minimum atomic E-state index is -1.12. The van der Waals surface area contributed by atoms with E-state index in [1.165, 1.54) is 12.1 Å². The molecule has 1 aromatic carbocycles. The van der Waals surface area contributed by atoms with Crippen LogP contribution >= 0.6 is 23.2 Å². The van der Waals surface area contributed by atoms with Gasteiger partial charge in [0.15, 0.2) is 6.61 Å². The molecular formula is C13H10Cl2N2O3. The molecule has 0 aromatic heterocycles. The molecule has 1 aromatic rings. The minimum Gasteiger partial charge on any atom is -0.482 e. The second-order valence-electron chi connectivity index (χ2n) is 3.46. The van der Waals surface area contributed by atoms with E-state index in [0.29, 0.717) is 10.8 Å². The highest BCUT2D eigenvalue weighted by atomic mass is 35.5. The molecule has 0 radical (unpaired) electrons. The molecule has 1 amide bonds. The van der Waals surface area contributed by atoms with Crippen molar-refractivity contribution in [1.29, 1.82) is 5.26 Å². The van der Waals surface area contributed by atoms with Gasteiger partial charge in [0.25, 0.3) is 5.91 Å². The number of rotatable bonds is 6. The maximum Gasteiger partial charge on any atom is 0.260 e. The highest BCUT2D eigenvalue weighted by Gasteiger charge is 2.12. The van der Waals surface area contributed by atoms with Gasteiger partial charge in [-0.3, -0.25) is 4.79 Å². The van der Waals surface area contributed by atoms with Crippen molar-refractivity contribution in [1.82, 2.24) is 5.32 Å². The quantitative estimate of drug-likeness (QED) is 0.644. The number of amides is 1. The van der Waals surface area contributed by atoms with Gasteiger partial charge in [-0.1, -0.05) is 29.1 Å². The van der Waals surface area contributed by atoms with E-state index >= 15 is 0 Å². The summed E-state index contributed by atoms with van der Waals surface area (Å²) in [5.41, 5.74) is 0. The molecule has 1 rings (SSSR count). The van der Waals surface area contributed by atoms with E-state index < -0.39 is 12.1 Å². The molecule has 1 unspecified atom stereocenters. The maximum absolute atomic E-state index is 11.5. The van der Waals surface area contributed by atoms with E-state index in [1.54, 1.807) is 12.1 Å². The number of terminal acetylenes is 1. The Morgan fingerprint density at radius 2 is 2.25 bits per heavy atom. The number of nitrogens with one attached hydrogen (secondary N) is 1. The predicted octanol–water partition coefficient (Wildman–Crippen LogP) is 1.99.